The van der Waals surface area contributed by atoms with Crippen LogP contribution in [0.5, 0.6) is 5.75 Å². The van der Waals surface area contributed by atoms with Crippen molar-refractivity contribution >= 4 is 17.4 Å². The highest BCUT2D eigenvalue weighted by atomic mass is 35.5. The zero-order valence-electron chi connectivity index (χ0n) is 12.0. The fourth-order valence-corrected chi connectivity index (χ4v) is 2.75. The number of carbonyl (C=O) groups excluding carboxylic acids is 1. The molecule has 1 fully saturated rings. The van der Waals surface area contributed by atoms with Crippen LogP contribution >= 0.6 is 11.6 Å². The monoisotopic (exact) mass is 295 g/mol. The van der Waals surface area contributed by atoms with Crippen LogP contribution in [-0.2, 0) is 0 Å². The molecule has 3 nitrogen and oxygen atoms in total. The number of ketones is 1. The minimum absolute atomic E-state index is 0.113. The third kappa shape index (κ3) is 4.22. The normalized spacial score (nSPS) is 16.1. The highest BCUT2D eigenvalue weighted by Gasteiger charge is 2.16. The summed E-state index contributed by atoms with van der Waals surface area (Å²) in [6, 6.07) is 5.25. The van der Waals surface area contributed by atoms with Gasteiger partial charge in [-0.05, 0) is 51.1 Å². The average molecular weight is 296 g/mol. The Morgan fingerprint density at radius 1 is 1.30 bits per heavy atom. The van der Waals surface area contributed by atoms with Gasteiger partial charge >= 0.3 is 0 Å². The number of hydrogen-bond acceptors (Lipinski definition) is 3. The summed E-state index contributed by atoms with van der Waals surface area (Å²) in [5.74, 6) is 0.752. The first kappa shape index (κ1) is 15.3. The summed E-state index contributed by atoms with van der Waals surface area (Å²) in [6.07, 6.45) is 4.33. The van der Waals surface area contributed by atoms with E-state index >= 15 is 0 Å². The molecule has 1 aliphatic heterocycles. The maximum absolute atomic E-state index is 12.4. The molecule has 0 radical (unpaired) electrons. The zero-order chi connectivity index (χ0) is 14.4. The van der Waals surface area contributed by atoms with E-state index in [1.54, 1.807) is 18.2 Å². The first-order valence-electron chi connectivity index (χ1n) is 7.38. The number of carbonyl (C=O) groups is 1. The Morgan fingerprint density at radius 3 is 2.75 bits per heavy atom. The van der Waals surface area contributed by atoms with E-state index in [0.717, 1.165) is 19.6 Å². The largest absolute Gasteiger partial charge is 0.493 e. The third-order valence-electron chi connectivity index (χ3n) is 3.65. The van der Waals surface area contributed by atoms with Crippen LogP contribution in [0.4, 0.5) is 0 Å². The zero-order valence-corrected chi connectivity index (χ0v) is 12.8. The lowest BCUT2D eigenvalue weighted by atomic mass is 10.1. The van der Waals surface area contributed by atoms with E-state index in [9.17, 15) is 4.79 Å². The highest BCUT2D eigenvalue weighted by Crippen LogP contribution is 2.24. The second-order valence-corrected chi connectivity index (χ2v) is 5.59. The molecule has 1 saturated heterocycles. The number of nitrogens with zero attached hydrogens (tertiary/aromatic N) is 1. The molecule has 1 heterocycles. The molecule has 110 valence electrons. The lowest BCUT2D eigenvalue weighted by Crippen LogP contribution is -2.31. The minimum atomic E-state index is 0.113. The molecular weight excluding hydrogens is 274 g/mol. The van der Waals surface area contributed by atoms with Crippen molar-refractivity contribution in [3.8, 4) is 5.75 Å². The van der Waals surface area contributed by atoms with Crippen molar-refractivity contribution in [2.75, 3.05) is 26.2 Å². The number of likely N-dealkylation sites (tertiary alicyclic amines) is 1. The van der Waals surface area contributed by atoms with E-state index in [1.807, 2.05) is 6.92 Å². The highest BCUT2D eigenvalue weighted by molar-refractivity contribution is 6.31. The third-order valence-corrected chi connectivity index (χ3v) is 3.88. The van der Waals surface area contributed by atoms with Gasteiger partial charge < -0.3 is 9.64 Å². The van der Waals surface area contributed by atoms with E-state index < -0.39 is 0 Å². The Bertz CT molecular complexity index is 456. The lowest BCUT2D eigenvalue weighted by Gasteiger charge is -2.26. The molecule has 4 heteroatoms. The fourth-order valence-electron chi connectivity index (χ4n) is 2.58. The Kier molecular flexibility index (Phi) is 5.86. The first-order valence-corrected chi connectivity index (χ1v) is 7.76. The summed E-state index contributed by atoms with van der Waals surface area (Å²) < 4.78 is 5.51. The van der Waals surface area contributed by atoms with E-state index in [-0.39, 0.29) is 5.78 Å². The molecular formula is C16H22ClNO2. The second-order valence-electron chi connectivity index (χ2n) is 5.15. The first-order chi connectivity index (χ1) is 9.70. The minimum Gasteiger partial charge on any atom is -0.493 e. The van der Waals surface area contributed by atoms with Gasteiger partial charge in [-0.25, -0.2) is 0 Å². The van der Waals surface area contributed by atoms with Crippen LogP contribution in [0.2, 0.25) is 5.02 Å². The summed E-state index contributed by atoms with van der Waals surface area (Å²) in [5.41, 5.74) is 0.608. The number of benzene rings is 1. The second kappa shape index (κ2) is 7.65. The maximum Gasteiger partial charge on any atom is 0.167 e. The summed E-state index contributed by atoms with van der Waals surface area (Å²) in [5, 5.41) is 0.578. The van der Waals surface area contributed by atoms with Gasteiger partial charge in [0.05, 0.1) is 12.2 Å². The Morgan fingerprint density at radius 2 is 2.05 bits per heavy atom. The van der Waals surface area contributed by atoms with Gasteiger partial charge in [-0.2, -0.15) is 0 Å². The summed E-state index contributed by atoms with van der Waals surface area (Å²) in [6.45, 7) is 5.52. The van der Waals surface area contributed by atoms with Crippen molar-refractivity contribution in [3.05, 3.63) is 28.8 Å². The van der Waals surface area contributed by atoms with Crippen molar-refractivity contribution in [2.45, 2.75) is 32.6 Å². The molecule has 0 aromatic heterocycles. The van der Waals surface area contributed by atoms with Crippen LogP contribution in [0.15, 0.2) is 18.2 Å². The number of piperidine rings is 1. The lowest BCUT2D eigenvalue weighted by molar-refractivity contribution is 0.0955. The standard InChI is InChI=1S/C16H22ClNO2/c1-2-20-16-7-6-13(17)12-14(16)15(19)8-11-18-9-4-3-5-10-18/h6-7,12H,2-5,8-11H2,1H3. The Labute approximate surface area is 125 Å². The molecule has 0 aliphatic carbocycles. The molecule has 0 spiro atoms. The molecule has 0 atom stereocenters. The van der Waals surface area contributed by atoms with Crippen molar-refractivity contribution in [1.29, 1.82) is 0 Å². The number of Topliss-reactive ketones (excluding diaryl/α,β-unsaturated/α-hetero) is 1. The number of rotatable bonds is 6. The van der Waals surface area contributed by atoms with Crippen LogP contribution in [0.1, 0.15) is 43.0 Å². The van der Waals surface area contributed by atoms with Gasteiger partial charge in [-0.3, -0.25) is 4.79 Å². The Balaban J connectivity index is 1.98. The van der Waals surface area contributed by atoms with Gasteiger partial charge in [0.25, 0.3) is 0 Å². The van der Waals surface area contributed by atoms with E-state index in [1.165, 1.54) is 19.3 Å². The summed E-state index contributed by atoms with van der Waals surface area (Å²) in [7, 11) is 0. The van der Waals surface area contributed by atoms with Gasteiger partial charge in [0.15, 0.2) is 5.78 Å². The molecule has 0 bridgehead atoms. The maximum atomic E-state index is 12.4. The predicted molar refractivity (Wildman–Crippen MR) is 81.9 cm³/mol. The quantitative estimate of drug-likeness (QED) is 0.748. The molecule has 0 amide bonds. The number of hydrogen-bond donors (Lipinski definition) is 0. The van der Waals surface area contributed by atoms with Crippen molar-refractivity contribution in [1.82, 2.24) is 4.90 Å². The van der Waals surface area contributed by atoms with E-state index in [2.05, 4.69) is 4.90 Å². The van der Waals surface area contributed by atoms with E-state index in [4.69, 9.17) is 16.3 Å². The molecule has 1 aromatic carbocycles. The molecule has 0 N–H and O–H groups in total. The molecule has 0 unspecified atom stereocenters. The smallest absolute Gasteiger partial charge is 0.167 e. The average Bonchev–Trinajstić information content (AvgIpc) is 2.48. The topological polar surface area (TPSA) is 29.5 Å². The van der Waals surface area contributed by atoms with Crippen molar-refractivity contribution < 1.29 is 9.53 Å². The molecule has 20 heavy (non-hydrogen) atoms. The van der Waals surface area contributed by atoms with Gasteiger partial charge in [-0.15, -0.1) is 0 Å². The van der Waals surface area contributed by atoms with Crippen LogP contribution in [0, 0.1) is 0 Å². The van der Waals surface area contributed by atoms with Crippen LogP contribution < -0.4 is 4.74 Å². The molecule has 2 rings (SSSR count). The van der Waals surface area contributed by atoms with E-state index in [0.29, 0.717) is 29.4 Å². The van der Waals surface area contributed by atoms with Crippen molar-refractivity contribution in [3.63, 3.8) is 0 Å². The Hall–Kier alpha value is -1.06. The summed E-state index contributed by atoms with van der Waals surface area (Å²) >= 11 is 5.99. The predicted octanol–water partition coefficient (Wildman–Crippen LogP) is 3.80. The van der Waals surface area contributed by atoms with Gasteiger partial charge in [0.2, 0.25) is 0 Å². The van der Waals surface area contributed by atoms with Crippen LogP contribution in [0.3, 0.4) is 0 Å². The molecule has 1 aliphatic rings. The number of halogens is 1. The summed E-state index contributed by atoms with van der Waals surface area (Å²) in [4.78, 5) is 14.7. The fraction of sp³-hybridized carbons (Fsp3) is 0.562. The van der Waals surface area contributed by atoms with Crippen LogP contribution in [-0.4, -0.2) is 36.9 Å². The number of ether oxygens (including phenoxy) is 1. The van der Waals surface area contributed by atoms with Gasteiger partial charge in [0, 0.05) is 18.0 Å². The van der Waals surface area contributed by atoms with Crippen LogP contribution in [0.25, 0.3) is 0 Å². The van der Waals surface area contributed by atoms with Gasteiger partial charge in [-0.1, -0.05) is 18.0 Å². The SMILES string of the molecule is CCOc1ccc(Cl)cc1C(=O)CCN1CCCCC1. The van der Waals surface area contributed by atoms with Gasteiger partial charge in [0.1, 0.15) is 5.75 Å². The molecule has 1 aromatic rings. The molecule has 0 saturated carbocycles. The van der Waals surface area contributed by atoms with Crippen molar-refractivity contribution in [2.24, 2.45) is 0 Å².